The highest BCUT2D eigenvalue weighted by Crippen LogP contribution is 2.38. The van der Waals surface area contributed by atoms with Gasteiger partial charge in [0.1, 0.15) is 11.6 Å². The van der Waals surface area contributed by atoms with Crippen LogP contribution in [0.25, 0.3) is 32.2 Å². The van der Waals surface area contributed by atoms with E-state index in [-0.39, 0.29) is 23.9 Å². The van der Waals surface area contributed by atoms with Crippen LogP contribution in [0.4, 0.5) is 5.69 Å². The van der Waals surface area contributed by atoms with Crippen molar-refractivity contribution in [1.29, 1.82) is 0 Å². The monoisotopic (exact) mass is 390 g/mol. The topological polar surface area (TPSA) is 104 Å². The van der Waals surface area contributed by atoms with Crippen LogP contribution in [0, 0.1) is 11.8 Å². The molecule has 146 valence electrons. The fourth-order valence-electron chi connectivity index (χ4n) is 4.72. The number of benzene rings is 1. The molecule has 29 heavy (non-hydrogen) atoms. The van der Waals surface area contributed by atoms with Gasteiger partial charge in [0.25, 0.3) is 0 Å². The molecule has 8 nitrogen and oxygen atoms in total. The number of fused-ring (bicyclic) bond motifs is 6. The Labute approximate surface area is 166 Å². The number of nitrogens with zero attached hydrogens (tertiary/aromatic N) is 4. The lowest BCUT2D eigenvalue weighted by molar-refractivity contribution is -0.717. The van der Waals surface area contributed by atoms with Crippen molar-refractivity contribution in [1.82, 2.24) is 4.98 Å². The highest BCUT2D eigenvalue weighted by atomic mass is 16.5. The van der Waals surface area contributed by atoms with E-state index in [2.05, 4.69) is 31.8 Å². The second kappa shape index (κ2) is 6.53. The standard InChI is InChI=1S/C21H19N5O3/c1-11-16-9-26-6-5-13-15-7-12(24-25-22)3-4-18(15)23-20(13)19(26)8-14(16)17(10-29-11)21(27)28-2/h3-7,10-11,14,16H,8-9H2,1-2H3/p+1/t11-,14-,16+/m0/s1. The SMILES string of the molecule is COC(=O)C1=CO[C@@H](C)[C@H]2C[n+]3ccc4c([nH]c5ccc(N=[N+]=[N-])cc54)c3C[C@H]12. The van der Waals surface area contributed by atoms with E-state index < -0.39 is 0 Å². The quantitative estimate of drug-likeness (QED) is 0.236. The maximum absolute atomic E-state index is 12.3. The summed E-state index contributed by atoms with van der Waals surface area (Å²) in [6.07, 6.45) is 4.40. The second-order valence-corrected chi connectivity index (χ2v) is 7.63. The number of azide groups is 1. The van der Waals surface area contributed by atoms with Gasteiger partial charge in [-0.15, -0.1) is 0 Å². The van der Waals surface area contributed by atoms with E-state index in [9.17, 15) is 4.79 Å². The minimum Gasteiger partial charge on any atom is -0.497 e. The lowest BCUT2D eigenvalue weighted by Crippen LogP contribution is -2.53. The Hall–Kier alpha value is -3.51. The van der Waals surface area contributed by atoms with Crippen LogP contribution in [-0.4, -0.2) is 24.2 Å². The zero-order chi connectivity index (χ0) is 20.1. The lowest BCUT2D eigenvalue weighted by Gasteiger charge is -2.36. The molecule has 5 rings (SSSR count). The molecule has 1 N–H and O–H groups in total. The molecule has 0 spiro atoms. The van der Waals surface area contributed by atoms with E-state index >= 15 is 0 Å². The first-order valence-corrected chi connectivity index (χ1v) is 9.56. The number of pyridine rings is 1. The van der Waals surface area contributed by atoms with Gasteiger partial charge in [-0.3, -0.25) is 0 Å². The van der Waals surface area contributed by atoms with E-state index in [1.165, 1.54) is 7.11 Å². The van der Waals surface area contributed by atoms with Crippen molar-refractivity contribution in [3.05, 3.63) is 58.4 Å². The van der Waals surface area contributed by atoms with Crippen LogP contribution in [0.5, 0.6) is 0 Å². The number of aromatic amines is 1. The Bertz CT molecular complexity index is 1240. The van der Waals surface area contributed by atoms with Gasteiger partial charge >= 0.3 is 5.97 Å². The van der Waals surface area contributed by atoms with Gasteiger partial charge in [-0.05, 0) is 24.6 Å². The molecule has 0 saturated carbocycles. The summed E-state index contributed by atoms with van der Waals surface area (Å²) in [6.45, 7) is 2.82. The summed E-state index contributed by atoms with van der Waals surface area (Å²) in [6, 6.07) is 7.71. The summed E-state index contributed by atoms with van der Waals surface area (Å²) < 4.78 is 13.0. The zero-order valence-corrected chi connectivity index (χ0v) is 16.1. The largest absolute Gasteiger partial charge is 0.497 e. The molecular weight excluding hydrogens is 370 g/mol. The number of hydrogen-bond acceptors (Lipinski definition) is 4. The van der Waals surface area contributed by atoms with E-state index in [1.54, 1.807) is 12.3 Å². The molecule has 3 aromatic rings. The second-order valence-electron chi connectivity index (χ2n) is 7.63. The third-order valence-electron chi connectivity index (χ3n) is 6.21. The fourth-order valence-corrected chi connectivity index (χ4v) is 4.72. The molecule has 3 atom stereocenters. The number of hydrogen-bond donors (Lipinski definition) is 1. The molecule has 0 fully saturated rings. The number of carbonyl (C=O) groups excluding carboxylic acids is 1. The number of H-pyrrole nitrogens is 1. The minimum atomic E-state index is -0.330. The Kier molecular flexibility index (Phi) is 3.96. The molecule has 0 radical (unpaired) electrons. The van der Waals surface area contributed by atoms with Crippen LogP contribution in [0.1, 0.15) is 12.6 Å². The van der Waals surface area contributed by atoms with E-state index in [0.29, 0.717) is 17.7 Å². The molecule has 2 aromatic heterocycles. The zero-order valence-electron chi connectivity index (χ0n) is 16.1. The Morgan fingerprint density at radius 3 is 3.03 bits per heavy atom. The summed E-state index contributed by atoms with van der Waals surface area (Å²) in [7, 11) is 1.40. The molecule has 1 aromatic carbocycles. The van der Waals surface area contributed by atoms with Gasteiger partial charge in [-0.25, -0.2) is 9.36 Å². The summed E-state index contributed by atoms with van der Waals surface area (Å²) in [5.74, 6) is -0.0878. The van der Waals surface area contributed by atoms with Crippen LogP contribution in [0.3, 0.4) is 0 Å². The van der Waals surface area contributed by atoms with Gasteiger partial charge in [0.2, 0.25) is 5.69 Å². The van der Waals surface area contributed by atoms with Crippen molar-refractivity contribution in [2.45, 2.75) is 26.0 Å². The van der Waals surface area contributed by atoms with Gasteiger partial charge < -0.3 is 14.5 Å². The number of aromatic nitrogens is 2. The van der Waals surface area contributed by atoms with Crippen molar-refractivity contribution in [3.63, 3.8) is 0 Å². The van der Waals surface area contributed by atoms with Crippen molar-refractivity contribution in [2.75, 3.05) is 7.11 Å². The Balaban J connectivity index is 1.67. The average molecular weight is 390 g/mol. The molecule has 0 unspecified atom stereocenters. The summed E-state index contributed by atoms with van der Waals surface area (Å²) in [5, 5.41) is 5.81. The van der Waals surface area contributed by atoms with Crippen molar-refractivity contribution < 1.29 is 18.8 Å². The van der Waals surface area contributed by atoms with Crippen LogP contribution in [-0.2, 0) is 27.2 Å². The van der Waals surface area contributed by atoms with E-state index in [0.717, 1.165) is 34.0 Å². The first-order chi connectivity index (χ1) is 14.1. The average Bonchev–Trinajstić information content (AvgIpc) is 3.11. The summed E-state index contributed by atoms with van der Waals surface area (Å²) >= 11 is 0. The van der Waals surface area contributed by atoms with E-state index in [1.807, 2.05) is 19.1 Å². The van der Waals surface area contributed by atoms with E-state index in [4.69, 9.17) is 15.0 Å². The fraction of sp³-hybridized carbons (Fsp3) is 0.333. The molecule has 4 heterocycles. The van der Waals surface area contributed by atoms with Crippen LogP contribution < -0.4 is 4.57 Å². The van der Waals surface area contributed by atoms with Crippen molar-refractivity contribution >= 4 is 33.5 Å². The molecule has 2 aliphatic heterocycles. The molecule has 0 aliphatic carbocycles. The predicted octanol–water partition coefficient (Wildman–Crippen LogP) is 3.81. The molecule has 8 heteroatoms. The Morgan fingerprint density at radius 1 is 1.38 bits per heavy atom. The third-order valence-corrected chi connectivity index (χ3v) is 6.21. The van der Waals surface area contributed by atoms with Crippen LogP contribution in [0.2, 0.25) is 0 Å². The number of ether oxygens (including phenoxy) is 2. The van der Waals surface area contributed by atoms with Gasteiger partial charge in [0.15, 0.2) is 12.7 Å². The normalized spacial score (nSPS) is 22.8. The molecule has 0 bridgehead atoms. The maximum atomic E-state index is 12.3. The lowest BCUT2D eigenvalue weighted by atomic mass is 9.76. The van der Waals surface area contributed by atoms with Gasteiger partial charge in [0, 0.05) is 45.3 Å². The maximum Gasteiger partial charge on any atom is 0.337 e. The highest BCUT2D eigenvalue weighted by Gasteiger charge is 2.45. The van der Waals surface area contributed by atoms with Crippen molar-refractivity contribution in [2.24, 2.45) is 17.0 Å². The predicted molar refractivity (Wildman–Crippen MR) is 106 cm³/mol. The number of rotatable bonds is 2. The number of nitrogens with one attached hydrogen (secondary N) is 1. The number of esters is 1. The molecule has 2 aliphatic rings. The highest BCUT2D eigenvalue weighted by molar-refractivity contribution is 6.08. The summed E-state index contributed by atoms with van der Waals surface area (Å²) in [4.78, 5) is 18.7. The molecular formula is C21H20N5O3+. The third kappa shape index (κ3) is 2.64. The molecule has 0 saturated heterocycles. The van der Waals surface area contributed by atoms with Gasteiger partial charge in [0.05, 0.1) is 24.9 Å². The van der Waals surface area contributed by atoms with Crippen LogP contribution >= 0.6 is 0 Å². The smallest absolute Gasteiger partial charge is 0.337 e. The Morgan fingerprint density at radius 2 is 2.24 bits per heavy atom. The number of methoxy groups -OCH3 is 1. The van der Waals surface area contributed by atoms with Crippen LogP contribution in [0.15, 0.2) is 47.4 Å². The summed E-state index contributed by atoms with van der Waals surface area (Å²) in [5.41, 5.74) is 13.1. The van der Waals surface area contributed by atoms with Gasteiger partial charge in [-0.1, -0.05) is 11.2 Å². The molecule has 0 amide bonds. The number of carbonyl (C=O) groups is 1. The first-order valence-electron chi connectivity index (χ1n) is 9.56. The first kappa shape index (κ1) is 17.6. The van der Waals surface area contributed by atoms with Crippen molar-refractivity contribution in [3.8, 4) is 0 Å². The van der Waals surface area contributed by atoms with Gasteiger partial charge in [-0.2, -0.15) is 0 Å². The minimum absolute atomic E-state index is 0.0267.